The minimum atomic E-state index is -0.176. The second kappa shape index (κ2) is 7.76. The van der Waals surface area contributed by atoms with Gasteiger partial charge in [-0.1, -0.05) is 35.1 Å². The third-order valence-electron chi connectivity index (χ3n) is 5.07. The average molecular weight is 448 g/mol. The number of hydrogen-bond acceptors (Lipinski definition) is 5. The number of benzene rings is 1. The Balaban J connectivity index is 1.66. The second-order valence-corrected chi connectivity index (χ2v) is 8.70. The molecule has 8 heteroatoms. The lowest BCUT2D eigenvalue weighted by Gasteiger charge is -2.19. The number of thiazole rings is 1. The monoisotopic (exact) mass is 447 g/mol. The summed E-state index contributed by atoms with van der Waals surface area (Å²) in [7, 11) is 0. The molecule has 5 rings (SSSR count). The fraction of sp³-hybridized carbons (Fsp3) is 0.130. The lowest BCUT2D eigenvalue weighted by Crippen LogP contribution is -2.32. The molecule has 4 aromatic heterocycles. The lowest BCUT2D eigenvalue weighted by atomic mass is 10.2. The van der Waals surface area contributed by atoms with Crippen molar-refractivity contribution >= 4 is 49.8 Å². The molecule has 0 unspecified atom stereocenters. The maximum absolute atomic E-state index is 13.9. The summed E-state index contributed by atoms with van der Waals surface area (Å²) in [6.07, 6.45) is 3.57. The summed E-state index contributed by atoms with van der Waals surface area (Å²) < 4.78 is 2.76. The Morgan fingerprint density at radius 2 is 1.97 bits per heavy atom. The van der Waals surface area contributed by atoms with E-state index in [1.165, 1.54) is 11.3 Å². The van der Waals surface area contributed by atoms with Gasteiger partial charge < -0.3 is 0 Å². The number of fused-ring (bicyclic) bond motifs is 2. The summed E-state index contributed by atoms with van der Waals surface area (Å²) >= 11 is 7.69. The SMILES string of the molecule is Cc1nc2ccccn2c1C(=O)N(Cc1ccccn1)c1nc2c(C)cc(Cl)cc2s1. The highest BCUT2D eigenvalue weighted by atomic mass is 35.5. The molecule has 0 aliphatic rings. The predicted octanol–water partition coefficient (Wildman–Crippen LogP) is 5.46. The number of amides is 1. The largest absolute Gasteiger partial charge is 0.295 e. The fourth-order valence-electron chi connectivity index (χ4n) is 3.64. The minimum Gasteiger partial charge on any atom is -0.295 e. The quantitative estimate of drug-likeness (QED) is 0.367. The molecule has 0 fully saturated rings. The van der Waals surface area contributed by atoms with Crippen molar-refractivity contribution in [2.24, 2.45) is 0 Å². The number of hydrogen-bond donors (Lipinski definition) is 0. The third-order valence-corrected chi connectivity index (χ3v) is 6.31. The van der Waals surface area contributed by atoms with Crippen LogP contribution in [0.15, 0.2) is 60.9 Å². The van der Waals surface area contributed by atoms with E-state index in [4.69, 9.17) is 16.6 Å². The molecule has 1 amide bonds. The zero-order chi connectivity index (χ0) is 21.5. The number of aromatic nitrogens is 4. The Morgan fingerprint density at radius 3 is 2.77 bits per heavy atom. The van der Waals surface area contributed by atoms with E-state index in [9.17, 15) is 4.79 Å². The van der Waals surface area contributed by atoms with Crippen LogP contribution in [0.3, 0.4) is 0 Å². The molecular weight excluding hydrogens is 430 g/mol. The van der Waals surface area contributed by atoms with E-state index in [0.717, 1.165) is 27.1 Å². The van der Waals surface area contributed by atoms with Gasteiger partial charge >= 0.3 is 0 Å². The Labute approximate surface area is 187 Å². The van der Waals surface area contributed by atoms with Crippen LogP contribution in [0.1, 0.15) is 27.4 Å². The van der Waals surface area contributed by atoms with E-state index in [1.54, 1.807) is 11.1 Å². The van der Waals surface area contributed by atoms with E-state index in [1.807, 2.05) is 73.0 Å². The van der Waals surface area contributed by atoms with Crippen molar-refractivity contribution < 1.29 is 4.79 Å². The van der Waals surface area contributed by atoms with E-state index in [-0.39, 0.29) is 5.91 Å². The van der Waals surface area contributed by atoms with Crippen LogP contribution in [-0.2, 0) is 6.54 Å². The molecule has 6 nitrogen and oxygen atoms in total. The fourth-order valence-corrected chi connectivity index (χ4v) is 5.06. The summed E-state index contributed by atoms with van der Waals surface area (Å²) in [4.78, 5) is 29.3. The van der Waals surface area contributed by atoms with Gasteiger partial charge in [-0.05, 0) is 55.8 Å². The number of nitrogens with zero attached hydrogens (tertiary/aromatic N) is 5. The second-order valence-electron chi connectivity index (χ2n) is 7.25. The average Bonchev–Trinajstić information content (AvgIpc) is 3.32. The molecule has 0 saturated heterocycles. The molecule has 1 aromatic carbocycles. The molecule has 0 radical (unpaired) electrons. The highest BCUT2D eigenvalue weighted by Crippen LogP contribution is 2.34. The maximum atomic E-state index is 13.9. The molecule has 31 heavy (non-hydrogen) atoms. The molecule has 154 valence electrons. The van der Waals surface area contributed by atoms with Gasteiger partial charge in [-0.3, -0.25) is 19.1 Å². The first-order chi connectivity index (χ1) is 15.0. The van der Waals surface area contributed by atoms with Crippen LogP contribution in [-0.4, -0.2) is 25.3 Å². The first kappa shape index (κ1) is 19.7. The van der Waals surface area contributed by atoms with Crippen LogP contribution < -0.4 is 4.90 Å². The summed E-state index contributed by atoms with van der Waals surface area (Å²) in [6, 6.07) is 15.1. The summed E-state index contributed by atoms with van der Waals surface area (Å²) in [5.41, 5.74) is 4.51. The number of carbonyl (C=O) groups is 1. The number of aryl methyl sites for hydroxylation is 2. The molecular formula is C23H18ClN5OS. The van der Waals surface area contributed by atoms with Crippen molar-refractivity contribution in [1.29, 1.82) is 0 Å². The molecule has 0 aliphatic heterocycles. The molecule has 0 N–H and O–H groups in total. The Kier molecular flexibility index (Phi) is 4.92. The van der Waals surface area contributed by atoms with Crippen molar-refractivity contribution in [2.75, 3.05) is 4.90 Å². The van der Waals surface area contributed by atoms with Crippen LogP contribution >= 0.6 is 22.9 Å². The van der Waals surface area contributed by atoms with Crippen LogP contribution in [0.25, 0.3) is 15.9 Å². The highest BCUT2D eigenvalue weighted by Gasteiger charge is 2.27. The number of halogens is 1. The van der Waals surface area contributed by atoms with Crippen LogP contribution in [0, 0.1) is 13.8 Å². The Bertz CT molecular complexity index is 1430. The number of rotatable bonds is 4. The molecule has 0 aliphatic carbocycles. The van der Waals surface area contributed by atoms with E-state index in [0.29, 0.717) is 28.1 Å². The van der Waals surface area contributed by atoms with Gasteiger partial charge in [-0.25, -0.2) is 9.97 Å². The standard InChI is InChI=1S/C23H18ClN5OS/c1-14-11-16(24)12-18-20(14)27-23(31-18)29(13-17-7-3-5-9-25-17)22(30)21-15(2)26-19-8-4-6-10-28(19)21/h3-12H,13H2,1-2H3. The summed E-state index contributed by atoms with van der Waals surface area (Å²) in [5, 5.41) is 1.25. The van der Waals surface area contributed by atoms with Gasteiger partial charge in [0.05, 0.1) is 28.1 Å². The molecule has 0 bridgehead atoms. The predicted molar refractivity (Wildman–Crippen MR) is 124 cm³/mol. The first-order valence-electron chi connectivity index (χ1n) is 9.73. The van der Waals surface area contributed by atoms with E-state index >= 15 is 0 Å². The van der Waals surface area contributed by atoms with Gasteiger partial charge in [-0.2, -0.15) is 0 Å². The maximum Gasteiger partial charge on any atom is 0.279 e. The van der Waals surface area contributed by atoms with Crippen molar-refractivity contribution in [3.63, 3.8) is 0 Å². The third kappa shape index (κ3) is 3.56. The van der Waals surface area contributed by atoms with Gasteiger partial charge in [0.15, 0.2) is 5.13 Å². The lowest BCUT2D eigenvalue weighted by molar-refractivity contribution is 0.0978. The number of pyridine rings is 2. The van der Waals surface area contributed by atoms with Gasteiger partial charge in [0, 0.05) is 17.4 Å². The normalized spacial score (nSPS) is 11.3. The van der Waals surface area contributed by atoms with Crippen LogP contribution in [0.5, 0.6) is 0 Å². The van der Waals surface area contributed by atoms with Crippen molar-refractivity contribution in [1.82, 2.24) is 19.4 Å². The van der Waals surface area contributed by atoms with Gasteiger partial charge in [0.1, 0.15) is 11.3 Å². The van der Waals surface area contributed by atoms with Crippen molar-refractivity contribution in [3.8, 4) is 0 Å². The Morgan fingerprint density at radius 1 is 1.13 bits per heavy atom. The summed E-state index contributed by atoms with van der Waals surface area (Å²) in [6.45, 7) is 4.12. The molecule has 0 spiro atoms. The number of carbonyl (C=O) groups excluding carboxylic acids is 1. The van der Waals surface area contributed by atoms with Gasteiger partial charge in [-0.15, -0.1) is 0 Å². The zero-order valence-electron chi connectivity index (χ0n) is 16.9. The van der Waals surface area contributed by atoms with Gasteiger partial charge in [0.25, 0.3) is 5.91 Å². The topological polar surface area (TPSA) is 63.4 Å². The molecule has 0 saturated carbocycles. The molecule has 0 atom stereocenters. The highest BCUT2D eigenvalue weighted by molar-refractivity contribution is 7.22. The van der Waals surface area contributed by atoms with E-state index in [2.05, 4.69) is 9.97 Å². The number of imidazole rings is 1. The van der Waals surface area contributed by atoms with E-state index < -0.39 is 0 Å². The zero-order valence-corrected chi connectivity index (χ0v) is 18.5. The van der Waals surface area contributed by atoms with Crippen molar-refractivity contribution in [2.45, 2.75) is 20.4 Å². The summed E-state index contributed by atoms with van der Waals surface area (Å²) in [5.74, 6) is -0.176. The first-order valence-corrected chi connectivity index (χ1v) is 10.9. The van der Waals surface area contributed by atoms with Crippen molar-refractivity contribution in [3.05, 3.63) is 88.6 Å². The molecule has 5 aromatic rings. The molecule has 4 heterocycles. The smallest absolute Gasteiger partial charge is 0.279 e. The number of anilines is 1. The minimum absolute atomic E-state index is 0.176. The van der Waals surface area contributed by atoms with Crippen LogP contribution in [0.2, 0.25) is 5.02 Å². The Hall–Kier alpha value is -3.29. The van der Waals surface area contributed by atoms with Gasteiger partial charge in [0.2, 0.25) is 0 Å². The van der Waals surface area contributed by atoms with Crippen LogP contribution in [0.4, 0.5) is 5.13 Å².